The lowest BCUT2D eigenvalue weighted by molar-refractivity contribution is 0.138. The van der Waals surface area contributed by atoms with Crippen LogP contribution in [0, 0.1) is 18.3 Å². The van der Waals surface area contributed by atoms with E-state index in [2.05, 4.69) is 22.8 Å². The number of hydrogen-bond donors (Lipinski definition) is 0. The zero-order valence-corrected chi connectivity index (χ0v) is 8.37. The molecule has 0 amide bonds. The smallest absolute Gasteiger partial charge is 0.0601 e. The summed E-state index contributed by atoms with van der Waals surface area (Å²) in [6, 6.07) is 0.784. The van der Waals surface area contributed by atoms with E-state index in [0.29, 0.717) is 0 Å². The van der Waals surface area contributed by atoms with Crippen LogP contribution in [0.3, 0.4) is 0 Å². The molecule has 0 saturated carbocycles. The summed E-state index contributed by atoms with van der Waals surface area (Å²) < 4.78 is 0. The largest absolute Gasteiger partial charge is 0.306 e. The van der Waals surface area contributed by atoms with Crippen LogP contribution in [0.2, 0.25) is 0 Å². The van der Waals surface area contributed by atoms with Crippen molar-refractivity contribution in [2.75, 3.05) is 33.2 Å². The molecule has 72 valence electrons. The van der Waals surface area contributed by atoms with Crippen molar-refractivity contribution in [1.29, 1.82) is 0 Å². The van der Waals surface area contributed by atoms with Gasteiger partial charge in [-0.1, -0.05) is 5.92 Å². The fourth-order valence-electron chi connectivity index (χ4n) is 2.78. The van der Waals surface area contributed by atoms with Gasteiger partial charge < -0.3 is 4.90 Å². The highest BCUT2D eigenvalue weighted by atomic mass is 15.2. The molecule has 2 heteroatoms. The van der Waals surface area contributed by atoms with Gasteiger partial charge in [0.25, 0.3) is 0 Å². The maximum absolute atomic E-state index is 5.36. The first-order chi connectivity index (χ1) is 6.31. The number of fused-ring (bicyclic) bond motifs is 1. The maximum Gasteiger partial charge on any atom is 0.0601 e. The lowest BCUT2D eigenvalue weighted by Crippen LogP contribution is -2.44. The van der Waals surface area contributed by atoms with Crippen LogP contribution in [0.25, 0.3) is 0 Å². The normalized spacial score (nSPS) is 35.7. The van der Waals surface area contributed by atoms with Crippen molar-refractivity contribution in [2.45, 2.75) is 18.9 Å². The topological polar surface area (TPSA) is 6.48 Å². The van der Waals surface area contributed by atoms with Crippen LogP contribution in [0.15, 0.2) is 0 Å². The Kier molecular flexibility index (Phi) is 2.57. The highest BCUT2D eigenvalue weighted by Crippen LogP contribution is 2.30. The fourth-order valence-corrected chi connectivity index (χ4v) is 2.78. The second-order valence-corrected chi connectivity index (χ2v) is 4.34. The molecular weight excluding hydrogens is 160 g/mol. The van der Waals surface area contributed by atoms with Gasteiger partial charge in [-0.15, -0.1) is 6.42 Å². The Balaban J connectivity index is 1.97. The summed E-state index contributed by atoms with van der Waals surface area (Å²) in [4.78, 5) is 4.93. The van der Waals surface area contributed by atoms with Crippen LogP contribution in [-0.2, 0) is 0 Å². The highest BCUT2D eigenvalue weighted by Gasteiger charge is 2.36. The first kappa shape index (κ1) is 9.05. The first-order valence-electron chi connectivity index (χ1n) is 5.17. The predicted molar refractivity (Wildman–Crippen MR) is 54.4 cm³/mol. The van der Waals surface area contributed by atoms with E-state index in [1.54, 1.807) is 0 Å². The Morgan fingerprint density at radius 2 is 2.23 bits per heavy atom. The molecule has 0 aliphatic carbocycles. The van der Waals surface area contributed by atoms with Gasteiger partial charge in [-0.25, -0.2) is 0 Å². The van der Waals surface area contributed by atoms with Crippen molar-refractivity contribution in [3.63, 3.8) is 0 Å². The van der Waals surface area contributed by atoms with E-state index in [9.17, 15) is 0 Å². The lowest BCUT2D eigenvalue weighted by atomic mass is 9.93. The molecule has 2 fully saturated rings. The van der Waals surface area contributed by atoms with E-state index >= 15 is 0 Å². The third kappa shape index (κ3) is 1.72. The molecule has 0 spiro atoms. The van der Waals surface area contributed by atoms with Crippen LogP contribution in [0.1, 0.15) is 12.8 Å². The number of rotatable bonds is 1. The number of hydrogen-bond acceptors (Lipinski definition) is 2. The van der Waals surface area contributed by atoms with Crippen LogP contribution in [-0.4, -0.2) is 49.1 Å². The molecule has 2 aliphatic heterocycles. The minimum atomic E-state index is 0.784. The Morgan fingerprint density at radius 1 is 1.38 bits per heavy atom. The Morgan fingerprint density at radius 3 is 3.00 bits per heavy atom. The monoisotopic (exact) mass is 178 g/mol. The summed E-state index contributed by atoms with van der Waals surface area (Å²) in [6.45, 7) is 4.58. The quantitative estimate of drug-likeness (QED) is 0.544. The molecule has 0 aromatic rings. The molecule has 2 rings (SSSR count). The summed E-state index contributed by atoms with van der Waals surface area (Å²) >= 11 is 0. The number of nitrogens with zero attached hydrogens (tertiary/aromatic N) is 2. The summed E-state index contributed by atoms with van der Waals surface area (Å²) in [5.41, 5.74) is 0. The molecule has 0 aromatic heterocycles. The second-order valence-electron chi connectivity index (χ2n) is 4.34. The van der Waals surface area contributed by atoms with E-state index in [-0.39, 0.29) is 0 Å². The van der Waals surface area contributed by atoms with Crippen molar-refractivity contribution in [3.8, 4) is 12.3 Å². The van der Waals surface area contributed by atoms with Gasteiger partial charge in [-0.3, -0.25) is 4.90 Å². The Bertz CT molecular complexity index is 219. The zero-order chi connectivity index (χ0) is 9.26. The molecule has 2 heterocycles. The average molecular weight is 178 g/mol. The predicted octanol–water partition coefficient (Wildman–Crippen LogP) is 0.646. The molecule has 13 heavy (non-hydrogen) atoms. The third-order valence-electron chi connectivity index (χ3n) is 3.45. The third-order valence-corrected chi connectivity index (χ3v) is 3.45. The SMILES string of the molecule is C#CCN1CCC2CN(C)CCC21. The van der Waals surface area contributed by atoms with Gasteiger partial charge in [0, 0.05) is 12.6 Å². The van der Waals surface area contributed by atoms with Gasteiger partial charge in [0.05, 0.1) is 6.54 Å². The van der Waals surface area contributed by atoms with Crippen molar-refractivity contribution >= 4 is 0 Å². The standard InChI is InChI=1S/C11H18N2/c1-3-6-13-8-4-10-9-12(2)7-5-11(10)13/h1,10-11H,4-9H2,2H3. The van der Waals surface area contributed by atoms with Gasteiger partial charge in [0.2, 0.25) is 0 Å². The Labute approximate surface area is 80.9 Å². The van der Waals surface area contributed by atoms with Crippen LogP contribution in [0.4, 0.5) is 0 Å². The molecule has 0 radical (unpaired) electrons. The highest BCUT2D eigenvalue weighted by molar-refractivity contribution is 4.97. The van der Waals surface area contributed by atoms with Gasteiger partial charge in [0.15, 0.2) is 0 Å². The molecular formula is C11H18N2. The van der Waals surface area contributed by atoms with Crippen LogP contribution < -0.4 is 0 Å². The van der Waals surface area contributed by atoms with E-state index in [1.807, 2.05) is 0 Å². The Hall–Kier alpha value is -0.520. The fraction of sp³-hybridized carbons (Fsp3) is 0.818. The van der Waals surface area contributed by atoms with E-state index in [0.717, 1.165) is 18.5 Å². The van der Waals surface area contributed by atoms with E-state index < -0.39 is 0 Å². The maximum atomic E-state index is 5.36. The molecule has 0 N–H and O–H groups in total. The van der Waals surface area contributed by atoms with E-state index in [1.165, 1.54) is 32.5 Å². The van der Waals surface area contributed by atoms with Crippen molar-refractivity contribution in [1.82, 2.24) is 9.80 Å². The summed E-state index contributed by atoms with van der Waals surface area (Å²) in [5, 5.41) is 0. The van der Waals surface area contributed by atoms with Crippen molar-refractivity contribution in [2.24, 2.45) is 5.92 Å². The summed E-state index contributed by atoms with van der Waals surface area (Å²) in [7, 11) is 2.22. The molecule has 0 aromatic carbocycles. The van der Waals surface area contributed by atoms with E-state index in [4.69, 9.17) is 6.42 Å². The van der Waals surface area contributed by atoms with Crippen LogP contribution in [0.5, 0.6) is 0 Å². The molecule has 2 atom stereocenters. The van der Waals surface area contributed by atoms with Gasteiger partial charge in [-0.2, -0.15) is 0 Å². The van der Waals surface area contributed by atoms with Gasteiger partial charge in [-0.05, 0) is 38.9 Å². The molecule has 0 bridgehead atoms. The zero-order valence-electron chi connectivity index (χ0n) is 8.37. The summed E-state index contributed by atoms with van der Waals surface area (Å²) in [6.07, 6.45) is 8.01. The van der Waals surface area contributed by atoms with Gasteiger partial charge >= 0.3 is 0 Å². The number of piperidine rings is 1. The van der Waals surface area contributed by atoms with Gasteiger partial charge in [0.1, 0.15) is 0 Å². The number of terminal acetylenes is 1. The average Bonchev–Trinajstić information content (AvgIpc) is 2.49. The molecule has 2 saturated heterocycles. The molecule has 2 nitrogen and oxygen atoms in total. The number of likely N-dealkylation sites (tertiary alicyclic amines) is 2. The minimum absolute atomic E-state index is 0.784. The summed E-state index contributed by atoms with van der Waals surface area (Å²) in [5.74, 6) is 3.65. The van der Waals surface area contributed by atoms with Crippen molar-refractivity contribution < 1.29 is 0 Å². The molecule has 2 aliphatic rings. The first-order valence-corrected chi connectivity index (χ1v) is 5.17. The molecule has 2 unspecified atom stereocenters. The minimum Gasteiger partial charge on any atom is -0.306 e. The van der Waals surface area contributed by atoms with Crippen molar-refractivity contribution in [3.05, 3.63) is 0 Å². The van der Waals surface area contributed by atoms with Crippen LogP contribution >= 0.6 is 0 Å². The lowest BCUT2D eigenvalue weighted by Gasteiger charge is -2.35. The second kappa shape index (κ2) is 3.69.